The van der Waals surface area contributed by atoms with Gasteiger partial charge in [0, 0.05) is 10.9 Å². The molecular weight excluding hydrogens is 298 g/mol. The number of rotatable bonds is 7. The van der Waals surface area contributed by atoms with Crippen molar-refractivity contribution < 1.29 is 20.1 Å². The molecule has 0 spiro atoms. The Morgan fingerprint density at radius 3 is 2.62 bits per heavy atom. The average molecular weight is 313 g/mol. The highest BCUT2D eigenvalue weighted by atomic mass is 32.1. The van der Waals surface area contributed by atoms with Gasteiger partial charge in [0.15, 0.2) is 0 Å². The van der Waals surface area contributed by atoms with Crippen molar-refractivity contribution in [3.63, 3.8) is 0 Å². The molecule has 0 aromatic carbocycles. The van der Waals surface area contributed by atoms with E-state index in [9.17, 15) is 4.79 Å². The summed E-state index contributed by atoms with van der Waals surface area (Å²) in [6.45, 7) is -2.00. The number of amides is 1. The van der Waals surface area contributed by atoms with Crippen LogP contribution in [-0.2, 0) is 11.3 Å². The van der Waals surface area contributed by atoms with Gasteiger partial charge in [0.2, 0.25) is 11.7 Å². The number of carbonyl (C=O) groups is 1. The predicted molar refractivity (Wildman–Crippen MR) is 73.3 cm³/mol. The minimum Gasteiger partial charge on any atom is -0.394 e. The second kappa shape index (κ2) is 6.72. The third kappa shape index (κ3) is 3.61. The van der Waals surface area contributed by atoms with Crippen LogP contribution in [0.2, 0.25) is 0 Å². The fourth-order valence-electron chi connectivity index (χ4n) is 1.55. The number of aliphatic hydroxyl groups excluding tert-OH is 3. The van der Waals surface area contributed by atoms with E-state index < -0.39 is 31.3 Å². The molecule has 0 saturated heterocycles. The Labute approximate surface area is 123 Å². The molecule has 0 fully saturated rings. The van der Waals surface area contributed by atoms with Crippen molar-refractivity contribution in [3.05, 3.63) is 16.8 Å². The van der Waals surface area contributed by atoms with Gasteiger partial charge in [-0.15, -0.1) is 10.2 Å². The van der Waals surface area contributed by atoms with Crippen LogP contribution in [0.5, 0.6) is 0 Å². The molecule has 0 aliphatic carbocycles. The topological polar surface area (TPSA) is 133 Å². The van der Waals surface area contributed by atoms with E-state index in [0.29, 0.717) is 5.82 Å². The fraction of sp³-hybridized carbons (Fsp3) is 0.455. The van der Waals surface area contributed by atoms with Crippen LogP contribution in [0, 0.1) is 0 Å². The normalized spacial score (nSPS) is 11.6. The van der Waals surface area contributed by atoms with Crippen molar-refractivity contribution in [3.8, 4) is 11.4 Å². The van der Waals surface area contributed by atoms with Gasteiger partial charge in [0.1, 0.15) is 12.1 Å². The summed E-state index contributed by atoms with van der Waals surface area (Å²) in [5.41, 5.74) is -0.657. The van der Waals surface area contributed by atoms with Crippen LogP contribution in [0.4, 0.5) is 0 Å². The second-order valence-corrected chi connectivity index (χ2v) is 5.24. The van der Waals surface area contributed by atoms with Crippen molar-refractivity contribution in [1.29, 1.82) is 0 Å². The summed E-state index contributed by atoms with van der Waals surface area (Å²) in [5, 5.41) is 45.1. The lowest BCUT2D eigenvalue weighted by Crippen LogP contribution is -2.57. The van der Waals surface area contributed by atoms with E-state index in [-0.39, 0.29) is 6.54 Å². The maximum Gasteiger partial charge on any atom is 0.244 e. The number of aromatic nitrogens is 4. The summed E-state index contributed by atoms with van der Waals surface area (Å²) in [6.07, 6.45) is 0. The number of hydrogen-bond donors (Lipinski definition) is 4. The van der Waals surface area contributed by atoms with Crippen LogP contribution in [0.25, 0.3) is 11.4 Å². The molecule has 0 aliphatic heterocycles. The Morgan fingerprint density at radius 1 is 1.33 bits per heavy atom. The first-order chi connectivity index (χ1) is 10.1. The number of carbonyl (C=O) groups excluding carboxylic acids is 1. The van der Waals surface area contributed by atoms with Gasteiger partial charge in [-0.25, -0.2) is 0 Å². The molecule has 1 amide bonds. The lowest BCUT2D eigenvalue weighted by molar-refractivity contribution is -0.126. The Bertz CT molecular complexity index is 573. The van der Waals surface area contributed by atoms with E-state index in [0.717, 1.165) is 10.4 Å². The predicted octanol–water partition coefficient (Wildman–Crippen LogP) is -1.77. The number of nitrogens with zero attached hydrogens (tertiary/aromatic N) is 4. The molecule has 0 aliphatic rings. The molecule has 10 heteroatoms. The lowest BCUT2D eigenvalue weighted by atomic mass is 10.0. The van der Waals surface area contributed by atoms with Crippen LogP contribution in [0.15, 0.2) is 16.8 Å². The van der Waals surface area contributed by atoms with Gasteiger partial charge in [0.05, 0.1) is 19.8 Å². The molecule has 0 unspecified atom stereocenters. The van der Waals surface area contributed by atoms with Crippen LogP contribution >= 0.6 is 11.3 Å². The highest BCUT2D eigenvalue weighted by molar-refractivity contribution is 7.08. The van der Waals surface area contributed by atoms with E-state index in [1.54, 1.807) is 0 Å². The molecule has 4 N–H and O–H groups in total. The summed E-state index contributed by atoms with van der Waals surface area (Å²) in [7, 11) is 0. The molecule has 2 aromatic rings. The standard InChI is InChI=1S/C11H15N5O4S/c17-5-11(6-18,7-19)12-9(20)3-16-14-10(13-15-16)8-1-2-21-4-8/h1-2,4,17-19H,3,5-7H2,(H,12,20). The minimum atomic E-state index is -1.46. The van der Waals surface area contributed by atoms with Crippen LogP contribution in [-0.4, -0.2) is 66.8 Å². The Hall–Kier alpha value is -1.88. The zero-order valence-electron chi connectivity index (χ0n) is 11.0. The van der Waals surface area contributed by atoms with Gasteiger partial charge in [-0.3, -0.25) is 4.79 Å². The Kier molecular flexibility index (Phi) is 4.96. The number of nitrogens with one attached hydrogen (secondary N) is 1. The SMILES string of the molecule is O=C(Cn1nnc(-c2ccsc2)n1)NC(CO)(CO)CO. The van der Waals surface area contributed by atoms with Crippen molar-refractivity contribution in [1.82, 2.24) is 25.5 Å². The number of aliphatic hydroxyl groups is 3. The van der Waals surface area contributed by atoms with Crippen LogP contribution in [0.3, 0.4) is 0 Å². The van der Waals surface area contributed by atoms with Gasteiger partial charge in [0.25, 0.3) is 0 Å². The van der Waals surface area contributed by atoms with Crippen molar-refractivity contribution in [2.24, 2.45) is 0 Å². The summed E-state index contributed by atoms with van der Waals surface area (Å²) >= 11 is 1.49. The van der Waals surface area contributed by atoms with Gasteiger partial charge >= 0.3 is 0 Å². The minimum absolute atomic E-state index is 0.237. The number of tetrazole rings is 1. The third-order valence-electron chi connectivity index (χ3n) is 2.83. The smallest absolute Gasteiger partial charge is 0.244 e. The number of hydrogen-bond acceptors (Lipinski definition) is 8. The lowest BCUT2D eigenvalue weighted by Gasteiger charge is -2.28. The quantitative estimate of drug-likeness (QED) is 0.475. The van der Waals surface area contributed by atoms with E-state index in [4.69, 9.17) is 15.3 Å². The van der Waals surface area contributed by atoms with E-state index >= 15 is 0 Å². The molecule has 2 aromatic heterocycles. The van der Waals surface area contributed by atoms with E-state index in [1.807, 2.05) is 16.8 Å². The van der Waals surface area contributed by atoms with Gasteiger partial charge < -0.3 is 20.6 Å². The van der Waals surface area contributed by atoms with Crippen LogP contribution in [0.1, 0.15) is 0 Å². The molecule has 0 radical (unpaired) electrons. The first-order valence-corrected chi connectivity index (χ1v) is 7.01. The Morgan fingerprint density at radius 2 is 2.05 bits per heavy atom. The number of thiophene rings is 1. The van der Waals surface area contributed by atoms with Gasteiger partial charge in [-0.1, -0.05) is 0 Å². The van der Waals surface area contributed by atoms with Crippen molar-refractivity contribution in [2.75, 3.05) is 19.8 Å². The third-order valence-corrected chi connectivity index (χ3v) is 3.51. The largest absolute Gasteiger partial charge is 0.394 e. The molecule has 2 rings (SSSR count). The molecule has 0 atom stereocenters. The maximum absolute atomic E-state index is 11.8. The van der Waals surface area contributed by atoms with Gasteiger partial charge in [-0.2, -0.15) is 16.1 Å². The summed E-state index contributed by atoms with van der Waals surface area (Å²) in [6, 6.07) is 1.83. The summed E-state index contributed by atoms with van der Waals surface area (Å²) in [5.74, 6) is -0.150. The molecule has 9 nitrogen and oxygen atoms in total. The zero-order valence-corrected chi connectivity index (χ0v) is 11.8. The van der Waals surface area contributed by atoms with Crippen molar-refractivity contribution >= 4 is 17.2 Å². The fourth-order valence-corrected chi connectivity index (χ4v) is 2.18. The molecule has 0 bridgehead atoms. The molecule has 2 heterocycles. The summed E-state index contributed by atoms with van der Waals surface area (Å²) < 4.78 is 0. The monoisotopic (exact) mass is 313 g/mol. The average Bonchev–Trinajstić information content (AvgIpc) is 3.15. The zero-order chi connectivity index (χ0) is 15.3. The Balaban J connectivity index is 2.00. The first kappa shape index (κ1) is 15.5. The molecule has 114 valence electrons. The van der Waals surface area contributed by atoms with Gasteiger partial charge in [-0.05, 0) is 16.7 Å². The highest BCUT2D eigenvalue weighted by Crippen LogP contribution is 2.16. The van der Waals surface area contributed by atoms with E-state index in [2.05, 4.69) is 20.7 Å². The highest BCUT2D eigenvalue weighted by Gasteiger charge is 2.30. The summed E-state index contributed by atoms with van der Waals surface area (Å²) in [4.78, 5) is 12.9. The molecular formula is C11H15N5O4S. The maximum atomic E-state index is 11.8. The molecule has 0 saturated carbocycles. The van der Waals surface area contributed by atoms with Crippen LogP contribution < -0.4 is 5.32 Å². The van der Waals surface area contributed by atoms with E-state index in [1.165, 1.54) is 11.3 Å². The van der Waals surface area contributed by atoms with Crippen molar-refractivity contribution in [2.45, 2.75) is 12.1 Å². The second-order valence-electron chi connectivity index (χ2n) is 4.46. The first-order valence-electron chi connectivity index (χ1n) is 6.06. The molecule has 21 heavy (non-hydrogen) atoms.